The molecule has 1 aromatic carbocycles. The van der Waals surface area contributed by atoms with Crippen molar-refractivity contribution in [1.82, 2.24) is 4.98 Å². The van der Waals surface area contributed by atoms with Gasteiger partial charge in [0.15, 0.2) is 5.82 Å². The highest BCUT2D eigenvalue weighted by atomic mass is 35.5. The Morgan fingerprint density at radius 1 is 1.30 bits per heavy atom. The number of anilines is 1. The number of nitrogens with one attached hydrogen (secondary N) is 1. The van der Waals surface area contributed by atoms with Crippen LogP contribution in [0.1, 0.15) is 18.1 Å². The number of nitrogens with zero attached hydrogens (tertiary/aromatic N) is 2. The molecular formula is C15H13ClF3N3O. The SMILES string of the molecule is COc1ccccc1/C(C)=N/Nc1ncc(C(F)(F)F)cc1Cl. The van der Waals surface area contributed by atoms with Crippen LogP contribution in [-0.2, 0) is 6.18 Å². The lowest BCUT2D eigenvalue weighted by molar-refractivity contribution is -0.137. The third-order valence-electron chi connectivity index (χ3n) is 2.99. The van der Waals surface area contributed by atoms with E-state index in [1.165, 1.54) is 7.11 Å². The summed E-state index contributed by atoms with van der Waals surface area (Å²) in [5, 5.41) is 3.91. The molecule has 0 aliphatic heterocycles. The zero-order valence-corrected chi connectivity index (χ0v) is 13.0. The number of para-hydroxylation sites is 1. The van der Waals surface area contributed by atoms with Crippen molar-refractivity contribution in [2.75, 3.05) is 12.5 Å². The Morgan fingerprint density at radius 2 is 2.00 bits per heavy atom. The smallest absolute Gasteiger partial charge is 0.417 e. The van der Waals surface area contributed by atoms with Crippen LogP contribution in [0.5, 0.6) is 5.75 Å². The minimum Gasteiger partial charge on any atom is -0.496 e. The van der Waals surface area contributed by atoms with Gasteiger partial charge in [0.1, 0.15) is 5.75 Å². The van der Waals surface area contributed by atoms with Crippen LogP contribution < -0.4 is 10.2 Å². The maximum Gasteiger partial charge on any atom is 0.417 e. The van der Waals surface area contributed by atoms with Gasteiger partial charge in [0, 0.05) is 11.8 Å². The van der Waals surface area contributed by atoms with Crippen LogP contribution in [0.4, 0.5) is 19.0 Å². The van der Waals surface area contributed by atoms with Crippen LogP contribution in [0.3, 0.4) is 0 Å². The van der Waals surface area contributed by atoms with Gasteiger partial charge < -0.3 is 4.74 Å². The highest BCUT2D eigenvalue weighted by molar-refractivity contribution is 6.33. The van der Waals surface area contributed by atoms with Gasteiger partial charge in [-0.3, -0.25) is 5.43 Å². The molecule has 2 aromatic rings. The fraction of sp³-hybridized carbons (Fsp3) is 0.200. The highest BCUT2D eigenvalue weighted by Crippen LogP contribution is 2.32. The van der Waals surface area contributed by atoms with Gasteiger partial charge in [-0.05, 0) is 25.1 Å². The first-order valence-electron chi connectivity index (χ1n) is 6.49. The molecule has 0 aliphatic carbocycles. The van der Waals surface area contributed by atoms with Gasteiger partial charge in [0.05, 0.1) is 23.4 Å². The van der Waals surface area contributed by atoms with E-state index in [9.17, 15) is 13.2 Å². The topological polar surface area (TPSA) is 46.5 Å². The number of halogens is 4. The maximum absolute atomic E-state index is 12.6. The molecule has 0 fully saturated rings. The second-order valence-corrected chi connectivity index (χ2v) is 4.97. The van der Waals surface area contributed by atoms with E-state index >= 15 is 0 Å². The van der Waals surface area contributed by atoms with Gasteiger partial charge in [-0.25, -0.2) is 4.98 Å². The van der Waals surface area contributed by atoms with Gasteiger partial charge in [-0.15, -0.1) is 0 Å². The molecule has 0 spiro atoms. The first-order chi connectivity index (χ1) is 10.8. The van der Waals surface area contributed by atoms with E-state index in [1.54, 1.807) is 19.1 Å². The molecule has 0 bridgehead atoms. The van der Waals surface area contributed by atoms with E-state index in [0.717, 1.165) is 11.6 Å². The minimum absolute atomic E-state index is 0.0360. The van der Waals surface area contributed by atoms with Crippen molar-refractivity contribution >= 4 is 23.1 Å². The number of pyridine rings is 1. The van der Waals surface area contributed by atoms with Crippen molar-refractivity contribution in [3.8, 4) is 5.75 Å². The number of rotatable bonds is 4. The third-order valence-corrected chi connectivity index (χ3v) is 3.28. The van der Waals surface area contributed by atoms with E-state index in [0.29, 0.717) is 17.7 Å². The summed E-state index contributed by atoms with van der Waals surface area (Å²) in [4.78, 5) is 3.65. The van der Waals surface area contributed by atoms with Crippen LogP contribution >= 0.6 is 11.6 Å². The number of methoxy groups -OCH3 is 1. The molecule has 1 aromatic heterocycles. The molecule has 0 amide bonds. The average molecular weight is 344 g/mol. The Labute approximate surface area is 135 Å². The van der Waals surface area contributed by atoms with E-state index in [2.05, 4.69) is 15.5 Å². The quantitative estimate of drug-likeness (QED) is 0.652. The minimum atomic E-state index is -4.49. The highest BCUT2D eigenvalue weighted by Gasteiger charge is 2.31. The van der Waals surface area contributed by atoms with Gasteiger partial charge in [0.25, 0.3) is 0 Å². The first kappa shape index (κ1) is 17.1. The van der Waals surface area contributed by atoms with Gasteiger partial charge in [-0.2, -0.15) is 18.3 Å². The summed E-state index contributed by atoms with van der Waals surface area (Å²) in [5.41, 5.74) is 2.96. The molecule has 122 valence electrons. The number of alkyl halides is 3. The molecular weight excluding hydrogens is 331 g/mol. The number of hydrazone groups is 1. The summed E-state index contributed by atoms with van der Waals surface area (Å²) in [6, 6.07) is 8.02. The summed E-state index contributed by atoms with van der Waals surface area (Å²) in [6.45, 7) is 1.73. The van der Waals surface area contributed by atoms with Crippen molar-refractivity contribution in [3.63, 3.8) is 0 Å². The van der Waals surface area contributed by atoms with Crippen molar-refractivity contribution in [1.29, 1.82) is 0 Å². The van der Waals surface area contributed by atoms with Crippen LogP contribution in [0, 0.1) is 0 Å². The summed E-state index contributed by atoms with van der Waals surface area (Å²) < 4.78 is 42.9. The van der Waals surface area contributed by atoms with Gasteiger partial charge in [-0.1, -0.05) is 23.7 Å². The van der Waals surface area contributed by atoms with Crippen LogP contribution in [0.25, 0.3) is 0 Å². The molecule has 2 rings (SSSR count). The van der Waals surface area contributed by atoms with Crippen molar-refractivity contribution in [2.45, 2.75) is 13.1 Å². The van der Waals surface area contributed by atoms with E-state index in [4.69, 9.17) is 16.3 Å². The average Bonchev–Trinajstić information content (AvgIpc) is 2.52. The van der Waals surface area contributed by atoms with Crippen LogP contribution in [-0.4, -0.2) is 17.8 Å². The fourth-order valence-electron chi connectivity index (χ4n) is 1.82. The lowest BCUT2D eigenvalue weighted by Crippen LogP contribution is -2.07. The summed E-state index contributed by atoms with van der Waals surface area (Å²) >= 11 is 5.80. The van der Waals surface area contributed by atoms with E-state index in [1.807, 2.05) is 12.1 Å². The molecule has 1 heterocycles. The summed E-state index contributed by atoms with van der Waals surface area (Å²) in [6.07, 6.45) is -3.80. The molecule has 0 atom stereocenters. The standard InChI is InChI=1S/C15H13ClF3N3O/c1-9(11-5-3-4-6-13(11)23-2)21-22-14-12(16)7-10(8-20-14)15(17,18)19/h3-8H,1-2H3,(H,20,22)/b21-9+. The molecule has 1 N–H and O–H groups in total. The predicted molar refractivity (Wildman–Crippen MR) is 83.1 cm³/mol. The number of benzene rings is 1. The van der Waals surface area contributed by atoms with Crippen molar-refractivity contribution < 1.29 is 17.9 Å². The largest absolute Gasteiger partial charge is 0.496 e. The number of ether oxygens (including phenoxy) is 1. The molecule has 0 aliphatic rings. The maximum atomic E-state index is 12.6. The fourth-order valence-corrected chi connectivity index (χ4v) is 2.02. The second-order valence-electron chi connectivity index (χ2n) is 4.56. The first-order valence-corrected chi connectivity index (χ1v) is 6.87. The normalized spacial score (nSPS) is 12.2. The Morgan fingerprint density at radius 3 is 2.61 bits per heavy atom. The zero-order chi connectivity index (χ0) is 17.0. The molecule has 0 radical (unpaired) electrons. The monoisotopic (exact) mass is 343 g/mol. The Bertz CT molecular complexity index is 732. The molecule has 0 saturated carbocycles. The van der Waals surface area contributed by atoms with Crippen LogP contribution in [0.15, 0.2) is 41.6 Å². The third kappa shape index (κ3) is 4.13. The van der Waals surface area contributed by atoms with Crippen molar-refractivity contribution in [2.24, 2.45) is 5.10 Å². The summed E-state index contributed by atoms with van der Waals surface area (Å²) in [7, 11) is 1.54. The number of aromatic nitrogens is 1. The predicted octanol–water partition coefficient (Wildman–Crippen LogP) is 4.60. The number of hydrogen-bond acceptors (Lipinski definition) is 4. The lowest BCUT2D eigenvalue weighted by atomic mass is 10.1. The van der Waals surface area contributed by atoms with E-state index in [-0.39, 0.29) is 10.8 Å². The Hall–Kier alpha value is -2.28. The zero-order valence-electron chi connectivity index (χ0n) is 12.3. The van der Waals surface area contributed by atoms with Gasteiger partial charge >= 0.3 is 6.18 Å². The Balaban J connectivity index is 2.23. The molecule has 0 unspecified atom stereocenters. The van der Waals surface area contributed by atoms with E-state index < -0.39 is 11.7 Å². The molecule has 0 saturated heterocycles. The summed E-state index contributed by atoms with van der Waals surface area (Å²) in [5.74, 6) is 0.663. The molecule has 4 nitrogen and oxygen atoms in total. The molecule has 8 heteroatoms. The van der Waals surface area contributed by atoms with Gasteiger partial charge in [0.2, 0.25) is 0 Å². The van der Waals surface area contributed by atoms with Crippen molar-refractivity contribution in [3.05, 3.63) is 52.7 Å². The number of hydrogen-bond donors (Lipinski definition) is 1. The molecule has 23 heavy (non-hydrogen) atoms. The lowest BCUT2D eigenvalue weighted by Gasteiger charge is -2.10. The Kier molecular flexibility index (Phi) is 5.10. The second kappa shape index (κ2) is 6.87. The van der Waals surface area contributed by atoms with Crippen LogP contribution in [0.2, 0.25) is 5.02 Å².